The molecule has 1 unspecified atom stereocenters. The van der Waals surface area contributed by atoms with Crippen LogP contribution in [-0.4, -0.2) is 41.1 Å². The number of nitrogens with zero attached hydrogens (tertiary/aromatic N) is 1. The van der Waals surface area contributed by atoms with Gasteiger partial charge in [0.15, 0.2) is 0 Å². The maximum atomic E-state index is 13.2. The number of benzene rings is 2. The summed E-state index contributed by atoms with van der Waals surface area (Å²) in [6, 6.07) is 12.3. The number of fused-ring (bicyclic) bond motifs is 1. The van der Waals surface area contributed by atoms with Crippen molar-refractivity contribution in [3.05, 3.63) is 64.7 Å². The molecule has 6 nitrogen and oxygen atoms in total. The normalized spacial score (nSPS) is 19.2. The number of phenolic OH excluding ortho intramolecular Hbond substituents is 1. The maximum Gasteiger partial charge on any atom is 0.259 e. The van der Waals surface area contributed by atoms with Crippen LogP contribution in [-0.2, 0) is 16.1 Å². The van der Waals surface area contributed by atoms with E-state index in [2.05, 4.69) is 31.3 Å². The molecule has 2 aliphatic heterocycles. The smallest absolute Gasteiger partial charge is 0.259 e. The van der Waals surface area contributed by atoms with E-state index in [1.54, 1.807) is 17.0 Å². The molecule has 1 fully saturated rings. The molecular weight excluding hydrogens is 380 g/mol. The summed E-state index contributed by atoms with van der Waals surface area (Å²) >= 11 is 0. The van der Waals surface area contributed by atoms with Gasteiger partial charge in [0.05, 0.1) is 5.56 Å². The van der Waals surface area contributed by atoms with Crippen molar-refractivity contribution in [2.24, 2.45) is 0 Å². The largest absolute Gasteiger partial charge is 0.507 e. The molecule has 0 saturated carbocycles. The zero-order chi connectivity index (χ0) is 21.3. The van der Waals surface area contributed by atoms with E-state index in [1.165, 1.54) is 11.6 Å². The molecule has 2 amide bonds. The van der Waals surface area contributed by atoms with Crippen molar-refractivity contribution in [3.8, 4) is 5.75 Å². The van der Waals surface area contributed by atoms with Crippen LogP contribution >= 0.6 is 0 Å². The predicted molar refractivity (Wildman–Crippen MR) is 113 cm³/mol. The molecule has 0 bridgehead atoms. The van der Waals surface area contributed by atoms with Crippen molar-refractivity contribution in [1.82, 2.24) is 10.2 Å². The molecule has 2 N–H and O–H groups in total. The Labute approximate surface area is 176 Å². The number of aromatic hydroxyl groups is 1. The lowest BCUT2D eigenvalue weighted by molar-refractivity contribution is -0.127. The molecule has 6 heteroatoms. The Bertz CT molecular complexity index is 933. The fourth-order valence-electron chi connectivity index (χ4n) is 4.33. The minimum Gasteiger partial charge on any atom is -0.507 e. The highest BCUT2D eigenvalue weighted by Gasteiger charge is 2.46. The SMILES string of the molecule is CC(C)c1ccc(CNC(=O)C2c3cccc(O)c3C(=O)N2C2CCOCC2)cc1. The summed E-state index contributed by atoms with van der Waals surface area (Å²) in [5.41, 5.74) is 3.07. The van der Waals surface area contributed by atoms with Gasteiger partial charge in [-0.1, -0.05) is 50.2 Å². The Kier molecular flexibility index (Phi) is 5.77. The van der Waals surface area contributed by atoms with Gasteiger partial charge in [-0.3, -0.25) is 9.59 Å². The van der Waals surface area contributed by atoms with Crippen molar-refractivity contribution in [2.45, 2.75) is 51.2 Å². The van der Waals surface area contributed by atoms with Gasteiger partial charge < -0.3 is 20.1 Å². The lowest BCUT2D eigenvalue weighted by Crippen LogP contribution is -2.46. The molecule has 158 valence electrons. The van der Waals surface area contributed by atoms with Crippen LogP contribution in [0, 0.1) is 0 Å². The number of hydrogen-bond donors (Lipinski definition) is 2. The lowest BCUT2D eigenvalue weighted by Gasteiger charge is -2.35. The van der Waals surface area contributed by atoms with Crippen molar-refractivity contribution in [3.63, 3.8) is 0 Å². The van der Waals surface area contributed by atoms with E-state index >= 15 is 0 Å². The number of amides is 2. The van der Waals surface area contributed by atoms with E-state index in [-0.39, 0.29) is 29.2 Å². The molecule has 1 atom stereocenters. The standard InChI is InChI=1S/C24H28N2O4/c1-15(2)17-8-6-16(7-9-17)14-25-23(28)22-19-4-3-5-20(27)21(19)24(29)26(22)18-10-12-30-13-11-18/h3-9,15,18,22,27H,10-14H2,1-2H3,(H,25,28). The Morgan fingerprint density at radius 1 is 1.17 bits per heavy atom. The monoisotopic (exact) mass is 408 g/mol. The third kappa shape index (κ3) is 3.79. The summed E-state index contributed by atoms with van der Waals surface area (Å²) in [4.78, 5) is 28.0. The van der Waals surface area contributed by atoms with Crippen LogP contribution < -0.4 is 5.32 Å². The predicted octanol–water partition coefficient (Wildman–Crippen LogP) is 3.51. The van der Waals surface area contributed by atoms with Crippen LogP contribution in [0.3, 0.4) is 0 Å². The second kappa shape index (κ2) is 8.48. The summed E-state index contributed by atoms with van der Waals surface area (Å²) in [5.74, 6) is -0.131. The minimum atomic E-state index is -0.738. The van der Waals surface area contributed by atoms with Gasteiger partial charge >= 0.3 is 0 Å². The van der Waals surface area contributed by atoms with E-state index < -0.39 is 6.04 Å². The first-order valence-corrected chi connectivity index (χ1v) is 10.6. The molecule has 0 radical (unpaired) electrons. The average molecular weight is 408 g/mol. The van der Waals surface area contributed by atoms with Crippen molar-refractivity contribution in [1.29, 1.82) is 0 Å². The minimum absolute atomic E-state index is 0.0749. The summed E-state index contributed by atoms with van der Waals surface area (Å²) in [6.45, 7) is 5.80. The summed E-state index contributed by atoms with van der Waals surface area (Å²) in [5, 5.41) is 13.3. The van der Waals surface area contributed by atoms with Crippen molar-refractivity contribution >= 4 is 11.8 Å². The molecule has 0 aromatic heterocycles. The number of ether oxygens (including phenoxy) is 1. The zero-order valence-corrected chi connectivity index (χ0v) is 17.4. The van der Waals surface area contributed by atoms with E-state index in [0.717, 1.165) is 5.56 Å². The summed E-state index contributed by atoms with van der Waals surface area (Å²) < 4.78 is 5.43. The molecule has 0 aliphatic carbocycles. The Hall–Kier alpha value is -2.86. The molecule has 2 aromatic rings. The highest BCUT2D eigenvalue weighted by atomic mass is 16.5. The molecule has 2 aromatic carbocycles. The zero-order valence-electron chi connectivity index (χ0n) is 17.4. The van der Waals surface area contributed by atoms with E-state index in [9.17, 15) is 14.7 Å². The molecule has 4 rings (SSSR count). The first-order valence-electron chi connectivity index (χ1n) is 10.6. The van der Waals surface area contributed by atoms with Crippen LogP contribution in [0.5, 0.6) is 5.75 Å². The van der Waals surface area contributed by atoms with Crippen molar-refractivity contribution in [2.75, 3.05) is 13.2 Å². The highest BCUT2D eigenvalue weighted by Crippen LogP contribution is 2.41. The van der Waals surface area contributed by atoms with Crippen LogP contribution in [0.1, 0.15) is 65.7 Å². The molecule has 1 saturated heterocycles. The Morgan fingerprint density at radius 3 is 2.53 bits per heavy atom. The number of rotatable bonds is 5. The van der Waals surface area contributed by atoms with E-state index in [1.807, 2.05) is 12.1 Å². The van der Waals surface area contributed by atoms with E-state index in [4.69, 9.17) is 4.74 Å². The van der Waals surface area contributed by atoms with Gasteiger partial charge in [0.2, 0.25) is 5.91 Å². The van der Waals surface area contributed by atoms with Crippen LogP contribution in [0.4, 0.5) is 0 Å². The lowest BCUT2D eigenvalue weighted by atomic mass is 10.0. The van der Waals surface area contributed by atoms with Crippen molar-refractivity contribution < 1.29 is 19.4 Å². The van der Waals surface area contributed by atoms with Gasteiger partial charge in [-0.2, -0.15) is 0 Å². The average Bonchev–Trinajstić information content (AvgIpc) is 3.06. The van der Waals surface area contributed by atoms with Crippen LogP contribution in [0.25, 0.3) is 0 Å². The molecule has 2 heterocycles. The molecule has 2 aliphatic rings. The quantitative estimate of drug-likeness (QED) is 0.794. The fraction of sp³-hybridized carbons (Fsp3) is 0.417. The maximum absolute atomic E-state index is 13.2. The van der Waals surface area contributed by atoms with E-state index in [0.29, 0.717) is 44.1 Å². The fourth-order valence-corrected chi connectivity index (χ4v) is 4.33. The second-order valence-corrected chi connectivity index (χ2v) is 8.31. The topological polar surface area (TPSA) is 78.9 Å². The first-order chi connectivity index (χ1) is 14.5. The Morgan fingerprint density at radius 2 is 1.87 bits per heavy atom. The van der Waals surface area contributed by atoms with Crippen LogP contribution in [0.2, 0.25) is 0 Å². The van der Waals surface area contributed by atoms with Gasteiger partial charge in [-0.05, 0) is 36.0 Å². The van der Waals surface area contributed by atoms with Gasteiger partial charge in [0.25, 0.3) is 5.91 Å². The third-order valence-electron chi connectivity index (χ3n) is 6.04. The summed E-state index contributed by atoms with van der Waals surface area (Å²) in [7, 11) is 0. The molecule has 30 heavy (non-hydrogen) atoms. The van der Waals surface area contributed by atoms with Gasteiger partial charge in [-0.15, -0.1) is 0 Å². The number of carbonyl (C=O) groups excluding carboxylic acids is 2. The van der Waals surface area contributed by atoms with Crippen LogP contribution in [0.15, 0.2) is 42.5 Å². The molecule has 0 spiro atoms. The first kappa shape index (κ1) is 20.4. The second-order valence-electron chi connectivity index (χ2n) is 8.31. The molecular formula is C24H28N2O4. The summed E-state index contributed by atoms with van der Waals surface area (Å²) in [6.07, 6.45) is 1.36. The highest BCUT2D eigenvalue weighted by molar-refractivity contribution is 6.06. The van der Waals surface area contributed by atoms with Gasteiger partial charge in [0.1, 0.15) is 11.8 Å². The number of hydrogen-bond acceptors (Lipinski definition) is 4. The third-order valence-corrected chi connectivity index (χ3v) is 6.04. The van der Waals surface area contributed by atoms with Gasteiger partial charge in [0, 0.05) is 31.4 Å². The number of carbonyl (C=O) groups is 2. The number of phenols is 1. The Balaban J connectivity index is 1.56. The van der Waals surface area contributed by atoms with Gasteiger partial charge in [-0.25, -0.2) is 0 Å². The number of nitrogens with one attached hydrogen (secondary N) is 1.